The van der Waals surface area contributed by atoms with Gasteiger partial charge in [-0.1, -0.05) is 28.1 Å². The van der Waals surface area contributed by atoms with Crippen LogP contribution in [0.15, 0.2) is 59.2 Å². The van der Waals surface area contributed by atoms with E-state index in [1.807, 2.05) is 48.5 Å². The maximum absolute atomic E-state index is 5.40. The van der Waals surface area contributed by atoms with E-state index < -0.39 is 0 Å². The number of nitrogens with zero attached hydrogens (tertiary/aromatic N) is 2. The molecule has 0 saturated heterocycles. The van der Waals surface area contributed by atoms with Gasteiger partial charge in [0.1, 0.15) is 5.82 Å². The van der Waals surface area contributed by atoms with Gasteiger partial charge in [0.25, 0.3) is 0 Å². The van der Waals surface area contributed by atoms with E-state index in [9.17, 15) is 0 Å². The second-order valence-electron chi connectivity index (χ2n) is 5.44. The van der Waals surface area contributed by atoms with Crippen molar-refractivity contribution < 1.29 is 9.47 Å². The van der Waals surface area contributed by atoms with Crippen LogP contribution in [0.1, 0.15) is 5.56 Å². The molecule has 2 heterocycles. The van der Waals surface area contributed by atoms with Gasteiger partial charge in [-0.05, 0) is 42.0 Å². The summed E-state index contributed by atoms with van der Waals surface area (Å²) in [7, 11) is 0. The predicted molar refractivity (Wildman–Crippen MR) is 99.3 cm³/mol. The normalized spacial score (nSPS) is 12.0. The molecule has 0 atom stereocenters. The lowest BCUT2D eigenvalue weighted by Gasteiger charge is -2.09. The average Bonchev–Trinajstić information content (AvgIpc) is 3.08. The van der Waals surface area contributed by atoms with Crippen LogP contribution in [0.2, 0.25) is 0 Å². The van der Waals surface area contributed by atoms with Crippen LogP contribution in [0.5, 0.6) is 11.5 Å². The highest BCUT2D eigenvalue weighted by Crippen LogP contribution is 2.32. The summed E-state index contributed by atoms with van der Waals surface area (Å²) < 4.78 is 11.7. The molecule has 0 bridgehead atoms. The summed E-state index contributed by atoms with van der Waals surface area (Å²) in [6.45, 7) is 0.909. The van der Waals surface area contributed by atoms with Crippen molar-refractivity contribution in [1.29, 1.82) is 0 Å². The van der Waals surface area contributed by atoms with Gasteiger partial charge in [-0.2, -0.15) is 4.98 Å². The average molecular weight is 399 g/mol. The van der Waals surface area contributed by atoms with E-state index in [0.29, 0.717) is 12.5 Å². The maximum Gasteiger partial charge on any atom is 0.231 e. The van der Waals surface area contributed by atoms with Crippen LogP contribution in [-0.4, -0.2) is 16.8 Å². The van der Waals surface area contributed by atoms with Crippen LogP contribution in [0.3, 0.4) is 0 Å². The number of rotatable bonds is 5. The Morgan fingerprint density at radius 3 is 2.88 bits per heavy atom. The molecule has 2 N–H and O–H groups in total. The molecule has 0 aliphatic carbocycles. The highest BCUT2D eigenvalue weighted by molar-refractivity contribution is 9.10. The second kappa shape index (κ2) is 6.98. The third-order valence-electron chi connectivity index (χ3n) is 3.65. The zero-order chi connectivity index (χ0) is 17.1. The molecule has 1 aliphatic rings. The smallest absolute Gasteiger partial charge is 0.231 e. The molecule has 0 saturated carbocycles. The zero-order valence-electron chi connectivity index (χ0n) is 13.2. The summed E-state index contributed by atoms with van der Waals surface area (Å²) in [5.41, 5.74) is 2.01. The third-order valence-corrected chi connectivity index (χ3v) is 4.14. The summed E-state index contributed by atoms with van der Waals surface area (Å²) in [4.78, 5) is 8.73. The molecule has 1 aliphatic heterocycles. The monoisotopic (exact) mass is 398 g/mol. The number of halogens is 1. The molecule has 126 valence electrons. The first kappa shape index (κ1) is 15.7. The highest BCUT2D eigenvalue weighted by Gasteiger charge is 2.13. The first-order chi connectivity index (χ1) is 12.3. The SMILES string of the molecule is Brc1cccc(Nc2nccc(NCc3ccc4c(c3)OCO4)n2)c1. The van der Waals surface area contributed by atoms with E-state index in [-0.39, 0.29) is 6.79 Å². The first-order valence-electron chi connectivity index (χ1n) is 7.74. The number of hydrogen-bond acceptors (Lipinski definition) is 6. The van der Waals surface area contributed by atoms with Crippen molar-refractivity contribution in [3.8, 4) is 11.5 Å². The minimum Gasteiger partial charge on any atom is -0.454 e. The van der Waals surface area contributed by atoms with E-state index >= 15 is 0 Å². The van der Waals surface area contributed by atoms with Crippen molar-refractivity contribution in [3.05, 3.63) is 64.8 Å². The Morgan fingerprint density at radius 1 is 1.04 bits per heavy atom. The molecule has 25 heavy (non-hydrogen) atoms. The fourth-order valence-corrected chi connectivity index (χ4v) is 2.86. The van der Waals surface area contributed by atoms with E-state index in [4.69, 9.17) is 9.47 Å². The molecule has 4 rings (SSSR count). The van der Waals surface area contributed by atoms with E-state index in [0.717, 1.165) is 33.0 Å². The van der Waals surface area contributed by atoms with E-state index in [2.05, 4.69) is 36.5 Å². The fourth-order valence-electron chi connectivity index (χ4n) is 2.46. The van der Waals surface area contributed by atoms with Gasteiger partial charge in [-0.3, -0.25) is 0 Å². The molecule has 1 aromatic heterocycles. The van der Waals surface area contributed by atoms with E-state index in [1.54, 1.807) is 6.20 Å². The lowest BCUT2D eigenvalue weighted by atomic mass is 10.2. The quantitative estimate of drug-likeness (QED) is 0.666. The van der Waals surface area contributed by atoms with Gasteiger partial charge < -0.3 is 20.1 Å². The summed E-state index contributed by atoms with van der Waals surface area (Å²) in [6, 6.07) is 15.6. The molecule has 3 aromatic rings. The number of benzene rings is 2. The topological polar surface area (TPSA) is 68.3 Å². The van der Waals surface area contributed by atoms with Gasteiger partial charge >= 0.3 is 0 Å². The van der Waals surface area contributed by atoms with Gasteiger partial charge in [0, 0.05) is 22.9 Å². The Morgan fingerprint density at radius 2 is 1.96 bits per heavy atom. The summed E-state index contributed by atoms with van der Waals surface area (Å²) in [5.74, 6) is 2.84. The van der Waals surface area contributed by atoms with Crippen LogP contribution < -0.4 is 20.1 Å². The fraction of sp³-hybridized carbons (Fsp3) is 0.111. The van der Waals surface area contributed by atoms with Crippen molar-refractivity contribution >= 4 is 33.4 Å². The van der Waals surface area contributed by atoms with E-state index in [1.165, 1.54) is 0 Å². The molecule has 0 amide bonds. The number of hydrogen-bond donors (Lipinski definition) is 2. The van der Waals surface area contributed by atoms with Crippen molar-refractivity contribution in [3.63, 3.8) is 0 Å². The van der Waals surface area contributed by atoms with Crippen LogP contribution in [0.4, 0.5) is 17.5 Å². The van der Waals surface area contributed by atoms with Crippen LogP contribution in [0, 0.1) is 0 Å². The van der Waals surface area contributed by atoms with Gasteiger partial charge in [-0.25, -0.2) is 4.98 Å². The summed E-state index contributed by atoms with van der Waals surface area (Å²) in [6.07, 6.45) is 1.72. The van der Waals surface area contributed by atoms with Gasteiger partial charge in [0.15, 0.2) is 11.5 Å². The Labute approximate surface area is 153 Å². The molecular weight excluding hydrogens is 384 g/mol. The molecule has 0 unspecified atom stereocenters. The second-order valence-corrected chi connectivity index (χ2v) is 6.36. The zero-order valence-corrected chi connectivity index (χ0v) is 14.8. The largest absolute Gasteiger partial charge is 0.454 e. The molecule has 0 spiro atoms. The number of ether oxygens (including phenoxy) is 2. The predicted octanol–water partition coefficient (Wildman–Crippen LogP) is 4.32. The van der Waals surface area contributed by atoms with Gasteiger partial charge in [0.2, 0.25) is 12.7 Å². The summed E-state index contributed by atoms with van der Waals surface area (Å²) >= 11 is 3.45. The Bertz CT molecular complexity index is 904. The Balaban J connectivity index is 1.43. The third kappa shape index (κ3) is 3.83. The maximum atomic E-state index is 5.40. The lowest BCUT2D eigenvalue weighted by Crippen LogP contribution is -2.04. The molecule has 7 heteroatoms. The van der Waals surface area contributed by atoms with Crippen LogP contribution in [-0.2, 0) is 6.54 Å². The van der Waals surface area contributed by atoms with Gasteiger partial charge in [0.05, 0.1) is 0 Å². The minimum atomic E-state index is 0.281. The highest BCUT2D eigenvalue weighted by atomic mass is 79.9. The number of anilines is 3. The minimum absolute atomic E-state index is 0.281. The lowest BCUT2D eigenvalue weighted by molar-refractivity contribution is 0.174. The number of aromatic nitrogens is 2. The molecular formula is C18H15BrN4O2. The molecule has 0 fully saturated rings. The molecule has 0 radical (unpaired) electrons. The van der Waals surface area contributed by atoms with Crippen LogP contribution >= 0.6 is 15.9 Å². The van der Waals surface area contributed by atoms with Crippen molar-refractivity contribution in [1.82, 2.24) is 9.97 Å². The molecule has 2 aromatic carbocycles. The number of fused-ring (bicyclic) bond motifs is 1. The number of nitrogens with one attached hydrogen (secondary N) is 2. The van der Waals surface area contributed by atoms with Crippen molar-refractivity contribution in [2.75, 3.05) is 17.4 Å². The Kier molecular flexibility index (Phi) is 4.39. The Hall–Kier alpha value is -2.80. The molecule has 6 nitrogen and oxygen atoms in total. The summed E-state index contributed by atoms with van der Waals surface area (Å²) in [5, 5.41) is 6.48. The van der Waals surface area contributed by atoms with Crippen molar-refractivity contribution in [2.45, 2.75) is 6.54 Å². The van der Waals surface area contributed by atoms with Crippen LogP contribution in [0.25, 0.3) is 0 Å². The van der Waals surface area contributed by atoms with Crippen molar-refractivity contribution in [2.24, 2.45) is 0 Å². The first-order valence-corrected chi connectivity index (χ1v) is 8.54. The standard InChI is InChI=1S/C18H15BrN4O2/c19-13-2-1-3-14(9-13)22-18-20-7-6-17(23-18)21-10-12-4-5-15-16(8-12)25-11-24-15/h1-9H,10-11H2,(H2,20,21,22,23). The van der Waals surface area contributed by atoms with Gasteiger partial charge in [-0.15, -0.1) is 0 Å².